The lowest BCUT2D eigenvalue weighted by Crippen LogP contribution is -2.16. The summed E-state index contributed by atoms with van der Waals surface area (Å²) < 4.78 is 10.6. The van der Waals surface area contributed by atoms with Crippen molar-refractivity contribution in [2.45, 2.75) is 19.3 Å². The number of carbonyl (C=O) groups excluding carboxylic acids is 1. The molecule has 0 aliphatic rings. The number of ether oxygens (including phenoxy) is 1. The fourth-order valence-electron chi connectivity index (χ4n) is 2.97. The molecule has 1 atom stereocenters. The van der Waals surface area contributed by atoms with Gasteiger partial charge in [-0.1, -0.05) is 12.1 Å². The minimum absolute atomic E-state index is 0.0691. The van der Waals surface area contributed by atoms with Crippen LogP contribution in [0.5, 0.6) is 0 Å². The summed E-state index contributed by atoms with van der Waals surface area (Å²) in [6, 6.07) is 9.67. The molecule has 2 aromatic heterocycles. The Kier molecular flexibility index (Phi) is 4.98. The number of aromatic amines is 2. The number of esters is 1. The van der Waals surface area contributed by atoms with Gasteiger partial charge < -0.3 is 19.4 Å². The van der Waals surface area contributed by atoms with E-state index in [0.29, 0.717) is 28.3 Å². The van der Waals surface area contributed by atoms with Gasteiger partial charge in [-0.2, -0.15) is 0 Å². The molecule has 0 bridgehead atoms. The first kappa shape index (κ1) is 18.2. The molecule has 0 fully saturated rings. The second-order valence-electron chi connectivity index (χ2n) is 6.04. The van der Waals surface area contributed by atoms with Gasteiger partial charge in [0.15, 0.2) is 0 Å². The van der Waals surface area contributed by atoms with Crippen LogP contribution in [-0.2, 0) is 9.53 Å². The first-order valence-corrected chi connectivity index (χ1v) is 8.18. The van der Waals surface area contributed by atoms with Crippen molar-refractivity contribution in [3.05, 3.63) is 69.3 Å². The van der Waals surface area contributed by atoms with Crippen molar-refractivity contribution in [3.8, 4) is 11.3 Å². The molecule has 0 radical (unpaired) electrons. The topological polar surface area (TPSA) is 125 Å². The largest absolute Gasteiger partial charge is 0.478 e. The van der Waals surface area contributed by atoms with Gasteiger partial charge in [0.25, 0.3) is 5.56 Å². The van der Waals surface area contributed by atoms with Gasteiger partial charge in [-0.05, 0) is 31.2 Å². The van der Waals surface area contributed by atoms with Crippen molar-refractivity contribution in [1.29, 1.82) is 0 Å². The molecule has 27 heavy (non-hydrogen) atoms. The Hall–Kier alpha value is -3.55. The second kappa shape index (κ2) is 7.36. The zero-order valence-corrected chi connectivity index (χ0v) is 14.7. The second-order valence-corrected chi connectivity index (χ2v) is 6.04. The third-order valence-electron chi connectivity index (χ3n) is 4.32. The lowest BCUT2D eigenvalue weighted by molar-refractivity contribution is -0.140. The Labute approximate surface area is 153 Å². The van der Waals surface area contributed by atoms with Crippen LogP contribution in [0, 0.1) is 6.92 Å². The van der Waals surface area contributed by atoms with Crippen molar-refractivity contribution in [1.82, 2.24) is 10.2 Å². The number of hydrogen-bond acceptors (Lipinski definition) is 5. The smallest absolute Gasteiger partial charge is 0.335 e. The van der Waals surface area contributed by atoms with Crippen LogP contribution in [0.4, 0.5) is 0 Å². The molecule has 8 heteroatoms. The highest BCUT2D eigenvalue weighted by Gasteiger charge is 2.27. The molecule has 3 aromatic rings. The predicted molar refractivity (Wildman–Crippen MR) is 95.7 cm³/mol. The van der Waals surface area contributed by atoms with Crippen LogP contribution in [0.15, 0.2) is 45.6 Å². The summed E-state index contributed by atoms with van der Waals surface area (Å²) in [6.45, 7) is 1.72. The minimum Gasteiger partial charge on any atom is -0.478 e. The highest BCUT2D eigenvalue weighted by Crippen LogP contribution is 2.32. The van der Waals surface area contributed by atoms with Crippen LogP contribution in [0.1, 0.15) is 39.7 Å². The van der Waals surface area contributed by atoms with E-state index in [2.05, 4.69) is 10.2 Å². The summed E-state index contributed by atoms with van der Waals surface area (Å²) in [5, 5.41) is 14.4. The average Bonchev–Trinajstić information content (AvgIpc) is 3.27. The van der Waals surface area contributed by atoms with E-state index in [0.717, 1.165) is 0 Å². The molecule has 2 heterocycles. The third kappa shape index (κ3) is 3.69. The molecule has 3 rings (SSSR count). The molecule has 0 saturated heterocycles. The van der Waals surface area contributed by atoms with Crippen LogP contribution in [0.25, 0.3) is 11.3 Å². The van der Waals surface area contributed by atoms with Gasteiger partial charge in [0, 0.05) is 11.3 Å². The molecule has 0 amide bonds. The maximum atomic E-state index is 12.2. The zero-order chi connectivity index (χ0) is 19.6. The number of carboxylic acid groups (broad SMARTS) is 1. The van der Waals surface area contributed by atoms with Gasteiger partial charge >= 0.3 is 11.9 Å². The van der Waals surface area contributed by atoms with Crippen molar-refractivity contribution < 1.29 is 23.8 Å². The Bertz CT molecular complexity index is 1040. The van der Waals surface area contributed by atoms with Crippen molar-refractivity contribution in [2.75, 3.05) is 7.11 Å². The van der Waals surface area contributed by atoms with Crippen molar-refractivity contribution >= 4 is 11.9 Å². The lowest BCUT2D eigenvalue weighted by atomic mass is 9.93. The SMILES string of the molecule is COC(=O)C[C@H](c1ccc(-c2cccc(C(=O)O)c2)o1)c1c(C)[nH][nH]c1=O. The summed E-state index contributed by atoms with van der Waals surface area (Å²) in [4.78, 5) is 35.2. The number of aryl methyl sites for hydroxylation is 1. The summed E-state index contributed by atoms with van der Waals surface area (Å²) in [6.07, 6.45) is -0.0691. The van der Waals surface area contributed by atoms with Gasteiger partial charge in [0.2, 0.25) is 0 Å². The summed E-state index contributed by atoms with van der Waals surface area (Å²) >= 11 is 0. The average molecular weight is 370 g/mol. The van der Waals surface area contributed by atoms with Gasteiger partial charge in [0.1, 0.15) is 11.5 Å². The number of furan rings is 1. The normalized spacial score (nSPS) is 11.9. The Morgan fingerprint density at radius 2 is 2.00 bits per heavy atom. The number of aromatic nitrogens is 2. The van der Waals surface area contributed by atoms with Crippen molar-refractivity contribution in [2.24, 2.45) is 0 Å². The Morgan fingerprint density at radius 3 is 2.63 bits per heavy atom. The van der Waals surface area contributed by atoms with Crippen LogP contribution < -0.4 is 5.56 Å². The van der Waals surface area contributed by atoms with E-state index in [1.54, 1.807) is 31.2 Å². The molecule has 0 aliphatic heterocycles. The predicted octanol–water partition coefficient (Wildman–Crippen LogP) is 2.66. The van der Waals surface area contributed by atoms with E-state index in [1.165, 1.54) is 19.2 Å². The third-order valence-corrected chi connectivity index (χ3v) is 4.32. The van der Waals surface area contributed by atoms with Crippen molar-refractivity contribution in [3.63, 3.8) is 0 Å². The molecule has 0 unspecified atom stereocenters. The van der Waals surface area contributed by atoms with E-state index >= 15 is 0 Å². The molecule has 0 spiro atoms. The molecule has 1 aromatic carbocycles. The fraction of sp³-hybridized carbons (Fsp3) is 0.211. The van der Waals surface area contributed by atoms with E-state index in [9.17, 15) is 14.4 Å². The highest BCUT2D eigenvalue weighted by molar-refractivity contribution is 5.89. The molecular formula is C19H18N2O6. The number of hydrogen-bond donors (Lipinski definition) is 3. The number of H-pyrrole nitrogens is 2. The van der Waals surface area contributed by atoms with Gasteiger partial charge in [-0.3, -0.25) is 14.7 Å². The van der Waals surface area contributed by atoms with E-state index in [4.69, 9.17) is 14.3 Å². The van der Waals surface area contributed by atoms with Crippen LogP contribution >= 0.6 is 0 Å². The van der Waals surface area contributed by atoms with Gasteiger partial charge in [-0.15, -0.1) is 0 Å². The van der Waals surface area contributed by atoms with Gasteiger partial charge in [-0.25, -0.2) is 4.79 Å². The maximum Gasteiger partial charge on any atom is 0.335 e. The number of benzene rings is 1. The maximum absolute atomic E-state index is 12.2. The molecule has 3 N–H and O–H groups in total. The quantitative estimate of drug-likeness (QED) is 0.573. The number of methoxy groups -OCH3 is 1. The van der Waals surface area contributed by atoms with Crippen LogP contribution in [-0.4, -0.2) is 34.4 Å². The van der Waals surface area contributed by atoms with E-state index in [1.807, 2.05) is 0 Å². The Balaban J connectivity index is 2.02. The van der Waals surface area contributed by atoms with Crippen LogP contribution in [0.2, 0.25) is 0 Å². The number of rotatable bonds is 6. The number of carbonyl (C=O) groups is 2. The first-order valence-electron chi connectivity index (χ1n) is 8.18. The molecule has 0 saturated carbocycles. The summed E-state index contributed by atoms with van der Waals surface area (Å²) in [7, 11) is 1.28. The molecule has 8 nitrogen and oxygen atoms in total. The highest BCUT2D eigenvalue weighted by atomic mass is 16.5. The van der Waals surface area contributed by atoms with Gasteiger partial charge in [0.05, 0.1) is 30.6 Å². The number of nitrogens with one attached hydrogen (secondary N) is 2. The van der Waals surface area contributed by atoms with Crippen LogP contribution in [0.3, 0.4) is 0 Å². The van der Waals surface area contributed by atoms with E-state index in [-0.39, 0.29) is 17.5 Å². The number of carboxylic acids is 1. The molecule has 0 aliphatic carbocycles. The summed E-state index contributed by atoms with van der Waals surface area (Å²) in [5.41, 5.74) is 1.36. The molecular weight excluding hydrogens is 352 g/mol. The fourth-order valence-corrected chi connectivity index (χ4v) is 2.97. The van der Waals surface area contributed by atoms with E-state index < -0.39 is 17.9 Å². The lowest BCUT2D eigenvalue weighted by Gasteiger charge is -2.12. The monoisotopic (exact) mass is 370 g/mol. The number of aromatic carboxylic acids is 1. The zero-order valence-electron chi connectivity index (χ0n) is 14.7. The first-order chi connectivity index (χ1) is 12.9. The molecule has 140 valence electrons. The standard InChI is InChI=1S/C19H18N2O6/c1-10-17(18(23)21-20-10)13(9-16(22)26-2)15-7-6-14(27-15)11-4-3-5-12(8-11)19(24)25/h3-8,13H,9H2,1-2H3,(H,24,25)(H2,20,21,23)/t13-/m1/s1. The summed E-state index contributed by atoms with van der Waals surface area (Å²) in [5.74, 6) is -1.31. The minimum atomic E-state index is -1.04. The Morgan fingerprint density at radius 1 is 1.22 bits per heavy atom.